The van der Waals surface area contributed by atoms with Gasteiger partial charge >= 0.3 is 0 Å². The number of β-amino-alcohol motifs (C(OH)–C–C–N with tert-alkyl or cyclic N) is 1. The van der Waals surface area contributed by atoms with Gasteiger partial charge in [-0.15, -0.1) is 0 Å². The number of rotatable bonds is 13. The molecule has 3 aromatic carbocycles. The number of aliphatic hydroxyl groups is 1. The molecule has 4 nitrogen and oxygen atoms in total. The van der Waals surface area contributed by atoms with Crippen LogP contribution < -0.4 is 5.32 Å². The summed E-state index contributed by atoms with van der Waals surface area (Å²) in [7, 11) is -0.878. The minimum Gasteiger partial charge on any atom is -0.410 e. The van der Waals surface area contributed by atoms with E-state index in [0.717, 1.165) is 6.42 Å². The second kappa shape index (κ2) is 12.7. The Kier molecular flexibility index (Phi) is 9.72. The van der Waals surface area contributed by atoms with Crippen molar-refractivity contribution in [3.05, 3.63) is 83.4 Å². The van der Waals surface area contributed by atoms with Crippen LogP contribution in [0.2, 0.25) is 13.1 Å². The quantitative estimate of drug-likeness (QED) is 0.216. The van der Waals surface area contributed by atoms with Crippen molar-refractivity contribution in [2.24, 2.45) is 11.3 Å². The van der Waals surface area contributed by atoms with Gasteiger partial charge in [0.2, 0.25) is 9.04 Å². The van der Waals surface area contributed by atoms with Crippen molar-refractivity contribution in [2.45, 2.75) is 90.8 Å². The third-order valence-corrected chi connectivity index (χ3v) is 8.23. The van der Waals surface area contributed by atoms with Crippen LogP contribution in [0.5, 0.6) is 0 Å². The summed E-state index contributed by atoms with van der Waals surface area (Å²) in [4.78, 5) is 0. The number of hydrogen-bond acceptors (Lipinski definition) is 4. The van der Waals surface area contributed by atoms with Crippen LogP contribution in [-0.4, -0.2) is 38.9 Å². The van der Waals surface area contributed by atoms with E-state index in [1.54, 1.807) is 0 Å². The van der Waals surface area contributed by atoms with Gasteiger partial charge in [-0.05, 0) is 85.0 Å². The lowest BCUT2D eigenvalue weighted by molar-refractivity contribution is -0.0231. The SMILES string of the molecule is C[Si](C)OC(c1ccccc1[C@@H](OC[C@H](O)CNC(C)(C)Cc1ccc2ccccc2c1)C1CC1)C(C)(C)C. The first-order valence-corrected chi connectivity index (χ1v) is 16.9. The van der Waals surface area contributed by atoms with Crippen molar-refractivity contribution in [1.29, 1.82) is 0 Å². The lowest BCUT2D eigenvalue weighted by atomic mass is 9.81. The predicted molar refractivity (Wildman–Crippen MR) is 164 cm³/mol. The van der Waals surface area contributed by atoms with Gasteiger partial charge in [-0.3, -0.25) is 0 Å². The van der Waals surface area contributed by atoms with E-state index in [1.807, 2.05) is 0 Å². The van der Waals surface area contributed by atoms with E-state index in [-0.39, 0.29) is 23.2 Å². The minimum atomic E-state index is -0.878. The molecule has 1 fully saturated rings. The first-order chi connectivity index (χ1) is 18.4. The van der Waals surface area contributed by atoms with E-state index in [4.69, 9.17) is 9.16 Å². The van der Waals surface area contributed by atoms with Crippen LogP contribution in [0.15, 0.2) is 66.7 Å². The zero-order valence-electron chi connectivity index (χ0n) is 25.0. The van der Waals surface area contributed by atoms with Crippen molar-refractivity contribution in [3.8, 4) is 0 Å². The maximum Gasteiger partial charge on any atom is 0.205 e. The maximum absolute atomic E-state index is 10.9. The van der Waals surface area contributed by atoms with Crippen LogP contribution in [0, 0.1) is 11.3 Å². The largest absolute Gasteiger partial charge is 0.410 e. The number of nitrogens with one attached hydrogen (secondary N) is 1. The van der Waals surface area contributed by atoms with Crippen LogP contribution in [0.3, 0.4) is 0 Å². The smallest absolute Gasteiger partial charge is 0.205 e. The second-order valence-electron chi connectivity index (χ2n) is 13.3. The van der Waals surface area contributed by atoms with Crippen LogP contribution in [-0.2, 0) is 15.6 Å². The molecule has 0 aromatic heterocycles. The predicted octanol–water partition coefficient (Wildman–Crippen LogP) is 7.63. The Morgan fingerprint density at radius 1 is 0.897 bits per heavy atom. The van der Waals surface area contributed by atoms with E-state index >= 15 is 0 Å². The summed E-state index contributed by atoms with van der Waals surface area (Å²) >= 11 is 0. The highest BCUT2D eigenvalue weighted by Gasteiger charge is 2.38. The monoisotopic (exact) mass is 546 g/mol. The molecule has 3 aromatic rings. The standard InChI is InChI=1S/C34H48NO3Si/c1-33(2,3)32(38-39(6)7)30-15-11-10-14-29(30)31(26-18-19-26)37-23-28(36)22-35-34(4,5)21-24-16-17-25-12-8-9-13-27(25)20-24/h8-17,20,26,28,31-32,35-36H,18-19,21-23H2,1-7H3/t28-,31+,32?/m1/s1. The molecule has 211 valence electrons. The summed E-state index contributed by atoms with van der Waals surface area (Å²) in [5.74, 6) is 0.504. The molecule has 4 rings (SSSR count). The van der Waals surface area contributed by atoms with Crippen molar-refractivity contribution < 1.29 is 14.3 Å². The highest BCUT2D eigenvalue weighted by atomic mass is 28.3. The number of hydrogen-bond donors (Lipinski definition) is 2. The fourth-order valence-electron chi connectivity index (χ4n) is 5.42. The van der Waals surface area contributed by atoms with Gasteiger partial charge in [-0.25, -0.2) is 0 Å². The van der Waals surface area contributed by atoms with Crippen LogP contribution >= 0.6 is 0 Å². The zero-order chi connectivity index (χ0) is 28.2. The molecule has 1 saturated carbocycles. The first kappa shape index (κ1) is 29.9. The molecule has 1 aliphatic carbocycles. The van der Waals surface area contributed by atoms with E-state index in [9.17, 15) is 5.11 Å². The third-order valence-electron chi connectivity index (χ3n) is 7.52. The number of aliphatic hydroxyl groups excluding tert-OH is 1. The van der Waals surface area contributed by atoms with E-state index < -0.39 is 15.1 Å². The molecule has 1 unspecified atom stereocenters. The summed E-state index contributed by atoms with van der Waals surface area (Å²) < 4.78 is 13.1. The summed E-state index contributed by atoms with van der Waals surface area (Å²) in [6.07, 6.45) is 2.65. The van der Waals surface area contributed by atoms with Crippen molar-refractivity contribution in [3.63, 3.8) is 0 Å². The van der Waals surface area contributed by atoms with Gasteiger partial charge in [-0.2, -0.15) is 0 Å². The average molecular weight is 547 g/mol. The van der Waals surface area contributed by atoms with Gasteiger partial charge in [0.05, 0.1) is 24.9 Å². The molecule has 0 amide bonds. The Bertz CT molecular complexity index is 1210. The molecular weight excluding hydrogens is 498 g/mol. The molecule has 39 heavy (non-hydrogen) atoms. The third kappa shape index (κ3) is 8.48. The molecule has 0 heterocycles. The van der Waals surface area contributed by atoms with Crippen molar-refractivity contribution in [2.75, 3.05) is 13.2 Å². The summed E-state index contributed by atoms with van der Waals surface area (Å²) in [6.45, 7) is 16.4. The first-order valence-electron chi connectivity index (χ1n) is 14.5. The van der Waals surface area contributed by atoms with Gasteiger partial charge in [0, 0.05) is 12.1 Å². The average Bonchev–Trinajstić information content (AvgIpc) is 3.71. The Labute approximate surface area is 237 Å². The van der Waals surface area contributed by atoms with Crippen molar-refractivity contribution in [1.82, 2.24) is 5.32 Å². The van der Waals surface area contributed by atoms with Gasteiger partial charge in [0.25, 0.3) is 0 Å². The van der Waals surface area contributed by atoms with Crippen LogP contribution in [0.25, 0.3) is 10.8 Å². The topological polar surface area (TPSA) is 50.7 Å². The molecule has 0 saturated heterocycles. The minimum absolute atomic E-state index is 0.0145. The van der Waals surface area contributed by atoms with Gasteiger partial charge < -0.3 is 19.6 Å². The Morgan fingerprint density at radius 3 is 2.18 bits per heavy atom. The molecule has 2 N–H and O–H groups in total. The second-order valence-corrected chi connectivity index (χ2v) is 15.3. The van der Waals surface area contributed by atoms with Crippen molar-refractivity contribution >= 4 is 19.8 Å². The highest BCUT2D eigenvalue weighted by Crippen LogP contribution is 2.47. The Balaban J connectivity index is 1.38. The normalized spacial score (nSPS) is 16.9. The molecule has 1 aliphatic rings. The molecule has 0 spiro atoms. The lowest BCUT2D eigenvalue weighted by Gasteiger charge is -2.35. The molecule has 0 aliphatic heterocycles. The number of ether oxygens (including phenoxy) is 1. The molecule has 0 bridgehead atoms. The fourth-order valence-corrected chi connectivity index (χ4v) is 6.37. The Morgan fingerprint density at radius 2 is 1.54 bits per heavy atom. The van der Waals surface area contributed by atoms with E-state index in [0.29, 0.717) is 19.1 Å². The van der Waals surface area contributed by atoms with Crippen LogP contribution in [0.4, 0.5) is 0 Å². The zero-order valence-corrected chi connectivity index (χ0v) is 26.0. The lowest BCUT2D eigenvalue weighted by Crippen LogP contribution is -2.46. The Hall–Kier alpha value is -2.02. The van der Waals surface area contributed by atoms with E-state index in [2.05, 4.69) is 120 Å². The van der Waals surface area contributed by atoms with Crippen LogP contribution in [0.1, 0.15) is 76.4 Å². The summed E-state index contributed by atoms with van der Waals surface area (Å²) in [5.41, 5.74) is 3.58. The van der Waals surface area contributed by atoms with Gasteiger partial charge in [-0.1, -0.05) is 87.5 Å². The summed E-state index contributed by atoms with van der Waals surface area (Å²) in [6, 6.07) is 23.8. The van der Waals surface area contributed by atoms with E-state index in [1.165, 1.54) is 40.3 Å². The maximum atomic E-state index is 10.9. The number of benzene rings is 3. The fraction of sp³-hybridized carbons (Fsp3) is 0.529. The molecule has 3 atom stereocenters. The van der Waals surface area contributed by atoms with Gasteiger partial charge in [0.15, 0.2) is 0 Å². The van der Waals surface area contributed by atoms with Gasteiger partial charge in [0.1, 0.15) is 0 Å². The number of fused-ring (bicyclic) bond motifs is 1. The highest BCUT2D eigenvalue weighted by molar-refractivity contribution is 6.48. The molecule has 5 heteroatoms. The molecular formula is C34H48NO3Si. The molecule has 1 radical (unpaired) electrons. The summed E-state index contributed by atoms with van der Waals surface area (Å²) in [5, 5.41) is 17.0.